The molecule has 0 spiro atoms. The molecular weight excluding hydrogens is 410 g/mol. The lowest BCUT2D eigenvalue weighted by atomic mass is 16.0. The Kier molecular flexibility index (Phi) is 21.7. The van der Waals surface area contributed by atoms with Gasteiger partial charge in [0.1, 0.15) is 0 Å². The third kappa shape index (κ3) is 266. The fourth-order valence-corrected chi connectivity index (χ4v) is 0. The van der Waals surface area contributed by atoms with Crippen LogP contribution in [-0.2, 0) is 13.8 Å². The molecule has 0 atom stereocenters. The number of rotatable bonds is 0. The Labute approximate surface area is 117 Å². The second kappa shape index (κ2) is 13.2. The van der Waals surface area contributed by atoms with E-state index in [1.54, 1.807) is 0 Å². The minimum Gasteiger partial charge on any atom is -0.271 e. The first-order valence-corrected chi connectivity index (χ1v) is 13.0. The highest BCUT2D eigenvalue weighted by Gasteiger charge is 2.02. The first kappa shape index (κ1) is 21.4. The summed E-state index contributed by atoms with van der Waals surface area (Å²) >= 11 is 28.5. The van der Waals surface area contributed by atoms with Gasteiger partial charge in [0.15, 0.2) is 5.98 Å². The lowest BCUT2D eigenvalue weighted by Gasteiger charge is -1.74. The molecule has 0 bridgehead atoms. The summed E-state index contributed by atoms with van der Waals surface area (Å²) in [4.78, 5) is 0. The molecule has 0 aromatic carbocycles. The SMILES string of the molecule is ClP(Cl)Cl.O=P(Cl)(Cl)Cl.O=S(Cl)Cl. The average Bonchev–Trinajstić information content (AvgIpc) is 1.50. The predicted molar refractivity (Wildman–Crippen MR) is 69.5 cm³/mol. The molecule has 84 valence electrons. The van der Waals surface area contributed by atoms with Crippen molar-refractivity contribution < 1.29 is 8.77 Å². The quantitative estimate of drug-likeness (QED) is 0.326. The first-order valence-electron chi connectivity index (χ1n) is 1.67. The smallest absolute Gasteiger partial charge is 0.271 e. The van der Waals surface area contributed by atoms with Crippen LogP contribution in [0.1, 0.15) is 0 Å². The highest BCUT2D eigenvalue weighted by Crippen LogP contribution is 2.61. The molecule has 0 radical (unpaired) electrons. The highest BCUT2D eigenvalue weighted by atomic mass is 36.1. The van der Waals surface area contributed by atoms with E-state index >= 15 is 0 Å². The largest absolute Gasteiger partial charge is 0.339 e. The molecule has 13 heteroatoms. The molecule has 0 saturated heterocycles. The van der Waals surface area contributed by atoms with Crippen LogP contribution in [0.15, 0.2) is 0 Å². The van der Waals surface area contributed by atoms with Crippen LogP contribution in [0.5, 0.6) is 0 Å². The van der Waals surface area contributed by atoms with Gasteiger partial charge in [-0.25, -0.2) is 4.21 Å². The van der Waals surface area contributed by atoms with E-state index < -0.39 is 20.4 Å². The zero-order valence-electron chi connectivity index (χ0n) is 5.14. The lowest BCUT2D eigenvalue weighted by molar-refractivity contribution is 0.600. The van der Waals surface area contributed by atoms with Gasteiger partial charge in [0, 0.05) is 21.4 Å². The van der Waals surface area contributed by atoms with E-state index in [0.717, 1.165) is 0 Å². The molecular formula is Cl8O2P2S. The van der Waals surface area contributed by atoms with Crippen LogP contribution >= 0.6 is 100.0 Å². The Morgan fingerprint density at radius 2 is 1.00 bits per heavy atom. The van der Waals surface area contributed by atoms with Crippen molar-refractivity contribution in [3.63, 3.8) is 0 Å². The summed E-state index contributed by atoms with van der Waals surface area (Å²) < 4.78 is 18.6. The van der Waals surface area contributed by atoms with Gasteiger partial charge in [-0.05, 0) is 33.7 Å². The molecule has 0 aromatic heterocycles. The van der Waals surface area contributed by atoms with Crippen molar-refractivity contribution in [3.8, 4) is 0 Å². The molecule has 0 rings (SSSR count). The minimum absolute atomic E-state index is 1.20. The van der Waals surface area contributed by atoms with Crippen molar-refractivity contribution >= 4 is 109 Å². The van der Waals surface area contributed by atoms with Gasteiger partial charge in [-0.15, -0.1) is 0 Å². The summed E-state index contributed by atoms with van der Waals surface area (Å²) in [6.45, 7) is 0. The first-order chi connectivity index (χ1) is 5.46. The summed E-state index contributed by atoms with van der Waals surface area (Å²) in [5, 5.41) is -3.22. The molecule has 0 unspecified atom stereocenters. The van der Waals surface area contributed by atoms with Gasteiger partial charge >= 0.3 is 5.20 Å². The van der Waals surface area contributed by atoms with Crippen molar-refractivity contribution in [3.05, 3.63) is 0 Å². The van der Waals surface area contributed by atoms with Gasteiger partial charge in [0.2, 0.25) is 9.23 Å². The molecule has 13 heavy (non-hydrogen) atoms. The maximum atomic E-state index is 9.51. The zero-order chi connectivity index (χ0) is 11.7. The Morgan fingerprint density at radius 1 is 1.00 bits per heavy atom. The topological polar surface area (TPSA) is 34.1 Å². The van der Waals surface area contributed by atoms with Crippen LogP contribution < -0.4 is 0 Å². The summed E-state index contributed by atoms with van der Waals surface area (Å²) in [7, 11) is 7.36. The fraction of sp³-hybridized carbons (Fsp3) is 0. The zero-order valence-corrected chi connectivity index (χ0v) is 13.8. The molecule has 0 fully saturated rings. The molecule has 0 aliphatic carbocycles. The molecule has 0 saturated carbocycles. The normalized spacial score (nSPS) is 10.0. The molecule has 0 heterocycles. The van der Waals surface area contributed by atoms with Gasteiger partial charge in [0.25, 0.3) is 0 Å². The van der Waals surface area contributed by atoms with Crippen LogP contribution in [0, 0.1) is 0 Å². The Bertz CT molecular complexity index is 149. The van der Waals surface area contributed by atoms with E-state index in [2.05, 4.69) is 55.1 Å². The Balaban J connectivity index is -0.000000117. The van der Waals surface area contributed by atoms with Crippen molar-refractivity contribution in [2.24, 2.45) is 0 Å². The third-order valence-corrected chi connectivity index (χ3v) is 0. The standard InChI is InChI=1S/Cl3OP.Cl3P.Cl2OS/c1-5(2,3)4;2*1-4(2)3. The molecule has 2 nitrogen and oxygen atoms in total. The average molecular weight is 410 g/mol. The molecule has 0 N–H and O–H groups in total. The highest BCUT2D eigenvalue weighted by molar-refractivity contribution is 8.26. The number of halogens is 8. The second-order valence-corrected chi connectivity index (χ2v) is 14.9. The van der Waals surface area contributed by atoms with Crippen molar-refractivity contribution in [2.75, 3.05) is 0 Å². The monoisotopic (exact) mass is 406 g/mol. The summed E-state index contributed by atoms with van der Waals surface area (Å²) in [5.74, 6) is -1.20. The number of hydrogen-bond acceptors (Lipinski definition) is 2. The summed E-state index contributed by atoms with van der Waals surface area (Å²) in [6.07, 6.45) is 0. The Hall–Kier alpha value is 3.13. The van der Waals surface area contributed by atoms with Crippen LogP contribution in [0.3, 0.4) is 0 Å². The van der Waals surface area contributed by atoms with Gasteiger partial charge in [-0.1, -0.05) is 33.7 Å². The molecule has 0 aliphatic rings. The summed E-state index contributed by atoms with van der Waals surface area (Å²) in [5.41, 5.74) is 0. The van der Waals surface area contributed by atoms with Crippen LogP contribution in [-0.4, -0.2) is 4.21 Å². The maximum absolute atomic E-state index is 9.51. The fourth-order valence-electron chi connectivity index (χ4n) is 0. The van der Waals surface area contributed by atoms with Gasteiger partial charge in [0.05, 0.1) is 0 Å². The van der Waals surface area contributed by atoms with Gasteiger partial charge in [-0.2, -0.15) is 0 Å². The van der Waals surface area contributed by atoms with Crippen molar-refractivity contribution in [2.45, 2.75) is 0 Å². The lowest BCUT2D eigenvalue weighted by Crippen LogP contribution is -1.41. The van der Waals surface area contributed by atoms with E-state index in [9.17, 15) is 4.57 Å². The molecule has 0 amide bonds. The molecule has 0 aromatic rings. The van der Waals surface area contributed by atoms with E-state index in [0.29, 0.717) is 0 Å². The van der Waals surface area contributed by atoms with E-state index in [-0.39, 0.29) is 0 Å². The van der Waals surface area contributed by atoms with E-state index in [1.165, 1.54) is 0 Å². The van der Waals surface area contributed by atoms with Crippen LogP contribution in [0.2, 0.25) is 0 Å². The summed E-state index contributed by atoms with van der Waals surface area (Å²) in [6, 6.07) is 0. The van der Waals surface area contributed by atoms with E-state index in [4.69, 9.17) is 37.9 Å². The molecule has 0 aliphatic heterocycles. The number of hydrogen-bond donors (Lipinski definition) is 0. The van der Waals surface area contributed by atoms with E-state index in [1.807, 2.05) is 0 Å². The van der Waals surface area contributed by atoms with Crippen LogP contribution in [0.4, 0.5) is 0 Å². The predicted octanol–water partition coefficient (Wildman–Crippen LogP) is 6.78. The van der Waals surface area contributed by atoms with Gasteiger partial charge < -0.3 is 0 Å². The van der Waals surface area contributed by atoms with Crippen LogP contribution in [0.25, 0.3) is 0 Å². The minimum atomic E-state index is -3.22. The van der Waals surface area contributed by atoms with Gasteiger partial charge in [-0.3, -0.25) is 4.57 Å². The second-order valence-electron chi connectivity index (χ2n) is 0.775. The Morgan fingerprint density at radius 3 is 1.00 bits per heavy atom. The van der Waals surface area contributed by atoms with Crippen molar-refractivity contribution in [1.29, 1.82) is 0 Å². The van der Waals surface area contributed by atoms with Crippen molar-refractivity contribution in [1.82, 2.24) is 0 Å². The maximum Gasteiger partial charge on any atom is 0.339 e. The third-order valence-electron chi connectivity index (χ3n) is 0.